The minimum atomic E-state index is -3.16. The highest BCUT2D eigenvalue weighted by molar-refractivity contribution is 7.88. The summed E-state index contributed by atoms with van der Waals surface area (Å²) in [6.07, 6.45) is 8.67. The van der Waals surface area contributed by atoms with Crippen LogP contribution in [0.2, 0.25) is 0 Å². The van der Waals surface area contributed by atoms with Gasteiger partial charge in [-0.15, -0.1) is 0 Å². The SMILES string of the molecule is Cc1c(NCC2CCCN(c3ccccc3)C2)ncnc1C(=O)N1CCC(N2CCC(N(C)S(C)(=O)=O)CC2)CC1. The average Bonchev–Trinajstić information content (AvgIpc) is 3.00. The van der Waals surface area contributed by atoms with Crippen LogP contribution in [0.25, 0.3) is 0 Å². The van der Waals surface area contributed by atoms with Crippen molar-refractivity contribution < 1.29 is 13.2 Å². The first kappa shape index (κ1) is 29.7. The fourth-order valence-electron chi connectivity index (χ4n) is 6.66. The van der Waals surface area contributed by atoms with Crippen molar-refractivity contribution in [3.8, 4) is 0 Å². The largest absolute Gasteiger partial charge is 0.371 e. The van der Waals surface area contributed by atoms with E-state index in [1.54, 1.807) is 7.05 Å². The van der Waals surface area contributed by atoms with Gasteiger partial charge in [-0.1, -0.05) is 18.2 Å². The lowest BCUT2D eigenvalue weighted by atomic mass is 9.97. The lowest BCUT2D eigenvalue weighted by Crippen LogP contribution is -2.52. The van der Waals surface area contributed by atoms with E-state index in [-0.39, 0.29) is 11.9 Å². The molecule has 0 aliphatic carbocycles. The van der Waals surface area contributed by atoms with Gasteiger partial charge in [0, 0.05) is 63.1 Å². The molecule has 4 heterocycles. The number of nitrogens with one attached hydrogen (secondary N) is 1. The summed E-state index contributed by atoms with van der Waals surface area (Å²) < 4.78 is 25.3. The number of nitrogens with zero attached hydrogens (tertiary/aromatic N) is 6. The number of carbonyl (C=O) groups is 1. The predicted molar refractivity (Wildman–Crippen MR) is 163 cm³/mol. The summed E-state index contributed by atoms with van der Waals surface area (Å²) in [5, 5.41) is 3.53. The molecule has 11 heteroatoms. The van der Waals surface area contributed by atoms with E-state index in [1.807, 2.05) is 11.8 Å². The molecule has 0 radical (unpaired) electrons. The number of hydrogen-bond acceptors (Lipinski definition) is 8. The first-order valence-electron chi connectivity index (χ1n) is 15.0. The number of benzene rings is 1. The number of likely N-dealkylation sites (tertiary alicyclic amines) is 2. The van der Waals surface area contributed by atoms with Gasteiger partial charge in [-0.05, 0) is 76.6 Å². The zero-order valence-electron chi connectivity index (χ0n) is 24.7. The molecule has 1 atom stereocenters. The third kappa shape index (κ3) is 7.18. The molecule has 224 valence electrons. The Balaban J connectivity index is 1.11. The van der Waals surface area contributed by atoms with Crippen molar-refractivity contribution in [2.75, 3.05) is 69.3 Å². The summed E-state index contributed by atoms with van der Waals surface area (Å²) in [5.41, 5.74) is 2.57. The molecule has 5 rings (SSSR count). The van der Waals surface area contributed by atoms with E-state index < -0.39 is 10.0 Å². The standard InChI is InChI=1S/C30H45N7O3S/c1-23-28(32-22-33-29(23)31-20-24-8-7-15-37(21-24)26-9-5-4-6-10-26)30(38)36-18-13-27(14-19-36)35-16-11-25(12-17-35)34(2)41(3,39)40/h4-6,9-10,22,24-25,27H,7-8,11-21H2,1-3H3,(H,31,32,33). The maximum atomic E-state index is 13.5. The molecule has 1 amide bonds. The number of aromatic nitrogens is 2. The predicted octanol–water partition coefficient (Wildman–Crippen LogP) is 3.07. The molecule has 3 saturated heterocycles. The van der Waals surface area contributed by atoms with Gasteiger partial charge in [0.15, 0.2) is 0 Å². The van der Waals surface area contributed by atoms with Crippen LogP contribution in [0.4, 0.5) is 11.5 Å². The molecule has 1 aromatic heterocycles. The molecular weight excluding hydrogens is 538 g/mol. The van der Waals surface area contributed by atoms with E-state index in [0.717, 1.165) is 69.8 Å². The van der Waals surface area contributed by atoms with Crippen molar-refractivity contribution in [1.82, 2.24) is 24.1 Å². The van der Waals surface area contributed by atoms with Gasteiger partial charge in [0.05, 0.1) is 6.26 Å². The number of piperidine rings is 3. The summed E-state index contributed by atoms with van der Waals surface area (Å²) in [6.45, 7) is 8.05. The number of rotatable bonds is 8. The van der Waals surface area contributed by atoms with Gasteiger partial charge in [0.1, 0.15) is 17.8 Å². The normalized spacial score (nSPS) is 21.8. The van der Waals surface area contributed by atoms with Crippen LogP contribution in [-0.4, -0.2) is 110 Å². The Bertz CT molecular complexity index is 1280. The fraction of sp³-hybridized carbons (Fsp3) is 0.633. The molecule has 1 aromatic carbocycles. The second-order valence-corrected chi connectivity index (χ2v) is 14.0. The van der Waals surface area contributed by atoms with Crippen LogP contribution in [0.15, 0.2) is 36.7 Å². The van der Waals surface area contributed by atoms with Crippen LogP contribution in [0.3, 0.4) is 0 Å². The quantitative estimate of drug-likeness (QED) is 0.506. The van der Waals surface area contributed by atoms with Crippen molar-refractivity contribution >= 4 is 27.4 Å². The Kier molecular flexibility index (Phi) is 9.45. The maximum Gasteiger partial charge on any atom is 0.272 e. The highest BCUT2D eigenvalue weighted by Gasteiger charge is 2.33. The van der Waals surface area contributed by atoms with E-state index >= 15 is 0 Å². The fourth-order valence-corrected chi connectivity index (χ4v) is 7.41. The third-order valence-electron chi connectivity index (χ3n) is 9.29. The van der Waals surface area contributed by atoms with Crippen molar-refractivity contribution in [1.29, 1.82) is 0 Å². The van der Waals surface area contributed by atoms with Gasteiger partial charge in [-0.25, -0.2) is 22.7 Å². The van der Waals surface area contributed by atoms with E-state index in [2.05, 4.69) is 55.4 Å². The van der Waals surface area contributed by atoms with Crippen LogP contribution < -0.4 is 10.2 Å². The van der Waals surface area contributed by atoms with E-state index in [0.29, 0.717) is 30.7 Å². The van der Waals surface area contributed by atoms with Crippen molar-refractivity contribution in [3.05, 3.63) is 47.9 Å². The molecule has 0 saturated carbocycles. The highest BCUT2D eigenvalue weighted by atomic mass is 32.2. The molecule has 3 fully saturated rings. The minimum absolute atomic E-state index is 0.0206. The lowest BCUT2D eigenvalue weighted by Gasteiger charge is -2.43. The Hall–Kier alpha value is -2.76. The number of para-hydroxylation sites is 1. The Morgan fingerprint density at radius 2 is 1.71 bits per heavy atom. The molecule has 41 heavy (non-hydrogen) atoms. The monoisotopic (exact) mass is 583 g/mol. The minimum Gasteiger partial charge on any atom is -0.371 e. The van der Waals surface area contributed by atoms with Crippen molar-refractivity contribution in [2.24, 2.45) is 5.92 Å². The van der Waals surface area contributed by atoms with E-state index in [4.69, 9.17) is 0 Å². The van der Waals surface area contributed by atoms with Gasteiger partial charge in [-0.2, -0.15) is 0 Å². The molecule has 1 unspecified atom stereocenters. The number of anilines is 2. The zero-order chi connectivity index (χ0) is 29.0. The second kappa shape index (κ2) is 13.0. The average molecular weight is 584 g/mol. The first-order chi connectivity index (χ1) is 19.7. The van der Waals surface area contributed by atoms with Crippen LogP contribution in [0.5, 0.6) is 0 Å². The Morgan fingerprint density at radius 3 is 2.39 bits per heavy atom. The van der Waals surface area contributed by atoms with Crippen LogP contribution in [-0.2, 0) is 10.0 Å². The van der Waals surface area contributed by atoms with Gasteiger partial charge in [0.2, 0.25) is 10.0 Å². The molecular formula is C30H45N7O3S. The summed E-state index contributed by atoms with van der Waals surface area (Å²) in [7, 11) is -1.48. The van der Waals surface area contributed by atoms with Gasteiger partial charge < -0.3 is 20.0 Å². The number of amides is 1. The lowest BCUT2D eigenvalue weighted by molar-refractivity contribution is 0.0542. The molecule has 3 aliphatic heterocycles. The summed E-state index contributed by atoms with van der Waals surface area (Å²) in [6, 6.07) is 11.1. The number of carbonyl (C=O) groups excluding carboxylic acids is 1. The van der Waals surface area contributed by atoms with Crippen LogP contribution in [0.1, 0.15) is 54.6 Å². The first-order valence-corrected chi connectivity index (χ1v) is 16.9. The Morgan fingerprint density at radius 1 is 1.00 bits per heavy atom. The van der Waals surface area contributed by atoms with Crippen molar-refractivity contribution in [3.63, 3.8) is 0 Å². The number of sulfonamides is 1. The maximum absolute atomic E-state index is 13.5. The van der Waals surface area contributed by atoms with E-state index in [1.165, 1.54) is 35.4 Å². The van der Waals surface area contributed by atoms with Crippen LogP contribution >= 0.6 is 0 Å². The van der Waals surface area contributed by atoms with Crippen molar-refractivity contribution in [2.45, 2.75) is 57.5 Å². The van der Waals surface area contributed by atoms with E-state index in [9.17, 15) is 13.2 Å². The summed E-state index contributed by atoms with van der Waals surface area (Å²) >= 11 is 0. The Labute approximate surface area is 245 Å². The molecule has 1 N–H and O–H groups in total. The molecule has 2 aromatic rings. The third-order valence-corrected chi connectivity index (χ3v) is 10.6. The highest BCUT2D eigenvalue weighted by Crippen LogP contribution is 2.26. The molecule has 3 aliphatic rings. The van der Waals surface area contributed by atoms with Gasteiger partial charge in [-0.3, -0.25) is 4.79 Å². The van der Waals surface area contributed by atoms with Gasteiger partial charge >= 0.3 is 0 Å². The van der Waals surface area contributed by atoms with Crippen LogP contribution in [0, 0.1) is 12.8 Å². The summed E-state index contributed by atoms with van der Waals surface area (Å²) in [5.74, 6) is 1.23. The molecule has 0 bridgehead atoms. The molecule has 10 nitrogen and oxygen atoms in total. The zero-order valence-corrected chi connectivity index (χ0v) is 25.5. The molecule has 0 spiro atoms. The summed E-state index contributed by atoms with van der Waals surface area (Å²) in [4.78, 5) is 29.2. The topological polar surface area (TPSA) is 102 Å². The van der Waals surface area contributed by atoms with Gasteiger partial charge in [0.25, 0.3) is 5.91 Å². The second-order valence-electron chi connectivity index (χ2n) is 11.9. The number of hydrogen-bond donors (Lipinski definition) is 1. The smallest absolute Gasteiger partial charge is 0.272 e.